The summed E-state index contributed by atoms with van der Waals surface area (Å²) in [5.74, 6) is -0.187. The van der Waals surface area contributed by atoms with Gasteiger partial charge in [0.05, 0.1) is 25.6 Å². The van der Waals surface area contributed by atoms with E-state index in [9.17, 15) is 9.59 Å². The number of nitrogens with one attached hydrogen (secondary N) is 1. The number of unbranched alkanes of at least 4 members (excludes halogenated alkanes) is 1. The Morgan fingerprint density at radius 3 is 2.64 bits per heavy atom. The molecule has 0 unspecified atom stereocenters. The third-order valence-corrected chi connectivity index (χ3v) is 4.39. The number of ether oxygens (including phenoxy) is 3. The van der Waals surface area contributed by atoms with E-state index in [1.165, 1.54) is 14.2 Å². The van der Waals surface area contributed by atoms with Crippen LogP contribution in [0.2, 0.25) is 5.15 Å². The molecule has 0 atom stereocenters. The molecule has 2 rings (SSSR count). The Kier molecular flexibility index (Phi) is 7.69. The highest BCUT2D eigenvalue weighted by Gasteiger charge is 2.22. The van der Waals surface area contributed by atoms with Gasteiger partial charge in [-0.15, -0.1) is 0 Å². The predicted octanol–water partition coefficient (Wildman–Crippen LogP) is 3.46. The molecule has 0 saturated carbocycles. The summed E-state index contributed by atoms with van der Waals surface area (Å²) in [6.07, 6.45) is 1.87. The number of nitrogens with zero attached hydrogens (tertiary/aromatic N) is 2. The van der Waals surface area contributed by atoms with Crippen LogP contribution in [0.3, 0.4) is 0 Å². The van der Waals surface area contributed by atoms with E-state index in [0.717, 1.165) is 12.8 Å². The minimum Gasteiger partial charge on any atom is -0.497 e. The molecule has 9 heteroatoms. The molecule has 1 N–H and O–H groups in total. The summed E-state index contributed by atoms with van der Waals surface area (Å²) in [4.78, 5) is 24.5. The summed E-state index contributed by atoms with van der Waals surface area (Å²) in [5, 5.41) is 7.10. The third-order valence-electron chi connectivity index (χ3n) is 4.01. The molecule has 2 aromatic rings. The van der Waals surface area contributed by atoms with Gasteiger partial charge in [-0.05, 0) is 25.5 Å². The van der Waals surface area contributed by atoms with E-state index in [2.05, 4.69) is 17.3 Å². The molecule has 1 aromatic heterocycles. The highest BCUT2D eigenvalue weighted by atomic mass is 35.5. The van der Waals surface area contributed by atoms with Crippen molar-refractivity contribution in [1.82, 2.24) is 9.78 Å². The summed E-state index contributed by atoms with van der Waals surface area (Å²) in [6, 6.07) is 4.95. The fourth-order valence-corrected chi connectivity index (χ4v) is 2.87. The zero-order chi connectivity index (χ0) is 20.7. The lowest BCUT2D eigenvalue weighted by Crippen LogP contribution is -2.21. The van der Waals surface area contributed by atoms with Crippen LogP contribution in [0.15, 0.2) is 18.2 Å². The topological polar surface area (TPSA) is 91.7 Å². The molecular weight excluding hydrogens is 386 g/mol. The Balaban J connectivity index is 2.00. The smallest absolute Gasteiger partial charge is 0.343 e. The van der Waals surface area contributed by atoms with Gasteiger partial charge in [0.15, 0.2) is 6.61 Å². The Labute approximate surface area is 168 Å². The van der Waals surface area contributed by atoms with Crippen LogP contribution in [0.5, 0.6) is 11.5 Å². The Hall–Kier alpha value is -2.74. The van der Waals surface area contributed by atoms with Crippen LogP contribution in [0.25, 0.3) is 0 Å². The second kappa shape index (κ2) is 9.98. The Morgan fingerprint density at radius 2 is 2.00 bits per heavy atom. The summed E-state index contributed by atoms with van der Waals surface area (Å²) >= 11 is 6.24. The minimum absolute atomic E-state index is 0.174. The largest absolute Gasteiger partial charge is 0.497 e. The number of aryl methyl sites for hydroxylation is 2. The van der Waals surface area contributed by atoms with Gasteiger partial charge in [-0.25, -0.2) is 4.79 Å². The lowest BCUT2D eigenvalue weighted by Gasteiger charge is -2.11. The van der Waals surface area contributed by atoms with Gasteiger partial charge in [0.1, 0.15) is 22.2 Å². The Morgan fingerprint density at radius 1 is 1.25 bits per heavy atom. The summed E-state index contributed by atoms with van der Waals surface area (Å²) < 4.78 is 17.0. The van der Waals surface area contributed by atoms with Gasteiger partial charge in [0.2, 0.25) is 0 Å². The monoisotopic (exact) mass is 409 g/mol. The number of carbonyl (C=O) groups is 2. The SMILES string of the molecule is CCCCn1nc(C)c(C(=O)OCC(=O)Nc2ccc(OC)cc2OC)c1Cl. The zero-order valence-corrected chi connectivity index (χ0v) is 17.1. The first-order chi connectivity index (χ1) is 13.4. The maximum absolute atomic E-state index is 12.4. The molecule has 0 aliphatic heterocycles. The first-order valence-electron chi connectivity index (χ1n) is 8.83. The van der Waals surface area contributed by atoms with Gasteiger partial charge in [-0.2, -0.15) is 5.10 Å². The highest BCUT2D eigenvalue weighted by molar-refractivity contribution is 6.32. The number of amides is 1. The average Bonchev–Trinajstić information content (AvgIpc) is 2.98. The van der Waals surface area contributed by atoms with Crippen LogP contribution >= 0.6 is 11.6 Å². The third kappa shape index (κ3) is 5.16. The molecule has 1 heterocycles. The number of carbonyl (C=O) groups excluding carboxylic acids is 2. The number of methoxy groups -OCH3 is 2. The van der Waals surface area contributed by atoms with Crippen LogP contribution in [-0.4, -0.2) is 42.5 Å². The lowest BCUT2D eigenvalue weighted by atomic mass is 10.2. The van der Waals surface area contributed by atoms with E-state index < -0.39 is 18.5 Å². The van der Waals surface area contributed by atoms with Crippen LogP contribution in [0, 0.1) is 6.92 Å². The number of hydrogen-bond acceptors (Lipinski definition) is 6. The van der Waals surface area contributed by atoms with Gasteiger partial charge < -0.3 is 19.5 Å². The number of aromatic nitrogens is 2. The van der Waals surface area contributed by atoms with E-state index in [-0.39, 0.29) is 10.7 Å². The van der Waals surface area contributed by atoms with Crippen molar-refractivity contribution >= 4 is 29.2 Å². The van der Waals surface area contributed by atoms with Crippen molar-refractivity contribution in [3.8, 4) is 11.5 Å². The number of halogens is 1. The number of anilines is 1. The minimum atomic E-state index is -0.693. The molecule has 0 spiro atoms. The molecular formula is C19H24ClN3O5. The van der Waals surface area contributed by atoms with E-state index in [1.807, 2.05) is 0 Å². The number of esters is 1. The first kappa shape index (κ1) is 21.6. The fourth-order valence-electron chi connectivity index (χ4n) is 2.53. The number of hydrogen-bond donors (Lipinski definition) is 1. The molecule has 28 heavy (non-hydrogen) atoms. The maximum atomic E-state index is 12.4. The lowest BCUT2D eigenvalue weighted by molar-refractivity contribution is -0.119. The van der Waals surface area contributed by atoms with Crippen molar-refractivity contribution in [2.75, 3.05) is 26.1 Å². The van der Waals surface area contributed by atoms with Gasteiger partial charge in [-0.1, -0.05) is 24.9 Å². The molecule has 1 aromatic carbocycles. The quantitative estimate of drug-likeness (QED) is 0.637. The van der Waals surface area contributed by atoms with E-state index in [0.29, 0.717) is 29.4 Å². The molecule has 1 amide bonds. The van der Waals surface area contributed by atoms with Crippen molar-refractivity contribution in [3.05, 3.63) is 34.6 Å². The zero-order valence-electron chi connectivity index (χ0n) is 16.4. The molecule has 8 nitrogen and oxygen atoms in total. The maximum Gasteiger partial charge on any atom is 0.343 e. The Bertz CT molecular complexity index is 850. The van der Waals surface area contributed by atoms with Crippen molar-refractivity contribution in [1.29, 1.82) is 0 Å². The van der Waals surface area contributed by atoms with Crippen molar-refractivity contribution in [2.45, 2.75) is 33.2 Å². The highest BCUT2D eigenvalue weighted by Crippen LogP contribution is 2.29. The second-order valence-electron chi connectivity index (χ2n) is 6.02. The normalized spacial score (nSPS) is 10.5. The van der Waals surface area contributed by atoms with E-state index in [4.69, 9.17) is 25.8 Å². The predicted molar refractivity (Wildman–Crippen MR) is 105 cm³/mol. The second-order valence-corrected chi connectivity index (χ2v) is 6.38. The molecule has 0 saturated heterocycles. The molecule has 0 aliphatic rings. The van der Waals surface area contributed by atoms with Crippen LogP contribution < -0.4 is 14.8 Å². The average molecular weight is 410 g/mol. The molecule has 0 fully saturated rings. The molecule has 0 aliphatic carbocycles. The van der Waals surface area contributed by atoms with Crippen molar-refractivity contribution in [2.24, 2.45) is 0 Å². The molecule has 0 radical (unpaired) electrons. The van der Waals surface area contributed by atoms with E-state index >= 15 is 0 Å². The van der Waals surface area contributed by atoms with Gasteiger partial charge in [0.25, 0.3) is 5.91 Å². The summed E-state index contributed by atoms with van der Waals surface area (Å²) in [6.45, 7) is 3.87. The van der Waals surface area contributed by atoms with Crippen LogP contribution in [-0.2, 0) is 16.1 Å². The fraction of sp³-hybridized carbons (Fsp3) is 0.421. The first-order valence-corrected chi connectivity index (χ1v) is 9.20. The van der Waals surface area contributed by atoms with Crippen LogP contribution in [0.4, 0.5) is 5.69 Å². The van der Waals surface area contributed by atoms with Gasteiger partial charge in [-0.3, -0.25) is 9.48 Å². The van der Waals surface area contributed by atoms with Crippen molar-refractivity contribution in [3.63, 3.8) is 0 Å². The number of benzene rings is 1. The van der Waals surface area contributed by atoms with Gasteiger partial charge in [0, 0.05) is 12.6 Å². The standard InChI is InChI=1S/C19H24ClN3O5/c1-5-6-9-23-18(20)17(12(2)22-23)19(25)28-11-16(24)21-14-8-7-13(26-3)10-15(14)27-4/h7-8,10H,5-6,9,11H2,1-4H3,(H,21,24). The molecule has 152 valence electrons. The summed E-state index contributed by atoms with van der Waals surface area (Å²) in [5.41, 5.74) is 1.07. The van der Waals surface area contributed by atoms with Gasteiger partial charge >= 0.3 is 5.97 Å². The van der Waals surface area contributed by atoms with Crippen LogP contribution in [0.1, 0.15) is 35.8 Å². The number of rotatable bonds is 9. The molecule has 0 bridgehead atoms. The summed E-state index contributed by atoms with van der Waals surface area (Å²) in [7, 11) is 3.01. The van der Waals surface area contributed by atoms with Crippen molar-refractivity contribution < 1.29 is 23.8 Å². The van der Waals surface area contributed by atoms with E-state index in [1.54, 1.807) is 29.8 Å².